The maximum absolute atomic E-state index is 11.3. The van der Waals surface area contributed by atoms with Gasteiger partial charge in [-0.25, -0.2) is 4.68 Å². The molecule has 3 aromatic rings. The molecule has 110 valence electrons. The van der Waals surface area contributed by atoms with Gasteiger partial charge in [-0.05, 0) is 18.2 Å². The van der Waals surface area contributed by atoms with Gasteiger partial charge in [0.25, 0.3) is 0 Å². The van der Waals surface area contributed by atoms with E-state index >= 15 is 0 Å². The lowest BCUT2D eigenvalue weighted by molar-refractivity contribution is 0.0690. The van der Waals surface area contributed by atoms with Crippen LogP contribution in [0.1, 0.15) is 10.5 Å². The van der Waals surface area contributed by atoms with Crippen LogP contribution in [0.3, 0.4) is 0 Å². The van der Waals surface area contributed by atoms with Gasteiger partial charge in [-0.1, -0.05) is 6.07 Å². The van der Waals surface area contributed by atoms with Crippen LogP contribution in [0.5, 0.6) is 5.88 Å². The second-order valence-corrected chi connectivity index (χ2v) is 4.30. The lowest BCUT2D eigenvalue weighted by Gasteiger charge is -2.05. The van der Waals surface area contributed by atoms with E-state index in [0.717, 1.165) is 0 Å². The first-order chi connectivity index (χ1) is 10.7. The molecule has 3 aromatic heterocycles. The van der Waals surface area contributed by atoms with Crippen LogP contribution < -0.4 is 4.74 Å². The Bertz CT molecular complexity index is 799. The van der Waals surface area contributed by atoms with E-state index in [4.69, 9.17) is 9.84 Å². The molecule has 0 radical (unpaired) electrons. The summed E-state index contributed by atoms with van der Waals surface area (Å²) in [5, 5.41) is 19.2. The molecule has 8 nitrogen and oxygen atoms in total. The van der Waals surface area contributed by atoms with Crippen LogP contribution in [0.4, 0.5) is 0 Å². The van der Waals surface area contributed by atoms with Crippen LogP contribution in [0.2, 0.25) is 0 Å². The van der Waals surface area contributed by atoms with Gasteiger partial charge in [0.2, 0.25) is 11.6 Å². The predicted octanol–water partition coefficient (Wildman–Crippen LogP) is 0.598. The van der Waals surface area contributed by atoms with Crippen molar-refractivity contribution >= 4 is 5.97 Å². The van der Waals surface area contributed by atoms with E-state index in [1.165, 1.54) is 17.9 Å². The highest BCUT2D eigenvalue weighted by Gasteiger charge is 2.22. The molecule has 0 bridgehead atoms. The molecular formula is C14H12N5O3+. The van der Waals surface area contributed by atoms with Crippen LogP contribution in [0, 0.1) is 0 Å². The van der Waals surface area contributed by atoms with Gasteiger partial charge >= 0.3 is 5.97 Å². The van der Waals surface area contributed by atoms with Crippen LogP contribution in [0.25, 0.3) is 17.2 Å². The molecule has 3 rings (SSSR count). The first-order valence-electron chi connectivity index (χ1n) is 6.34. The molecule has 0 aliphatic rings. The number of hydrogen-bond acceptors (Lipinski definition) is 6. The average molecular weight is 298 g/mol. The molecule has 0 aliphatic heterocycles. The Kier molecular flexibility index (Phi) is 3.48. The van der Waals surface area contributed by atoms with Crippen LogP contribution in [-0.4, -0.2) is 43.1 Å². The zero-order chi connectivity index (χ0) is 15.5. The third-order valence-electron chi connectivity index (χ3n) is 2.92. The Balaban J connectivity index is 2.14. The number of nitrogens with zero attached hydrogens (tertiary/aromatic N) is 5. The smallest absolute Gasteiger partial charge is 0.560 e. The third kappa shape index (κ3) is 2.49. The summed E-state index contributed by atoms with van der Waals surface area (Å²) in [4.78, 5) is 15.5. The second-order valence-electron chi connectivity index (χ2n) is 4.30. The minimum Gasteiger partial charge on any atom is -0.560 e. The van der Waals surface area contributed by atoms with E-state index < -0.39 is 5.97 Å². The Morgan fingerprint density at radius 3 is 2.68 bits per heavy atom. The van der Waals surface area contributed by atoms with E-state index in [0.29, 0.717) is 23.1 Å². The molecule has 0 amide bonds. The van der Waals surface area contributed by atoms with Gasteiger partial charge in [0, 0.05) is 23.1 Å². The maximum Gasteiger partial charge on any atom is 0.569 e. The summed E-state index contributed by atoms with van der Waals surface area (Å²) < 4.78 is 6.39. The van der Waals surface area contributed by atoms with Crippen LogP contribution in [0.15, 0.2) is 42.6 Å². The molecule has 0 fully saturated rings. The quantitative estimate of drug-likeness (QED) is 0.653. The zero-order valence-corrected chi connectivity index (χ0v) is 11.6. The molecule has 0 aromatic carbocycles. The van der Waals surface area contributed by atoms with Crippen molar-refractivity contribution in [3.63, 3.8) is 0 Å². The number of aromatic nitrogens is 5. The highest BCUT2D eigenvalue weighted by molar-refractivity contribution is 5.87. The Hall–Kier alpha value is -3.29. The minimum absolute atomic E-state index is 0.0123. The van der Waals surface area contributed by atoms with E-state index in [2.05, 4.69) is 20.3 Å². The molecule has 0 aliphatic carbocycles. The number of pyridine rings is 1. The van der Waals surface area contributed by atoms with Gasteiger partial charge in [0.15, 0.2) is 5.82 Å². The summed E-state index contributed by atoms with van der Waals surface area (Å²) in [5.41, 5.74) is 1.18. The van der Waals surface area contributed by atoms with Crippen LogP contribution in [-0.2, 0) is 0 Å². The normalized spacial score (nSPS) is 10.4. The molecule has 3 heterocycles. The number of methoxy groups -OCH3 is 1. The molecule has 22 heavy (non-hydrogen) atoms. The van der Waals surface area contributed by atoms with E-state index in [1.807, 2.05) is 6.07 Å². The molecule has 0 unspecified atom stereocenters. The Labute approximate surface area is 125 Å². The first kappa shape index (κ1) is 13.7. The van der Waals surface area contributed by atoms with Gasteiger partial charge < -0.3 is 9.84 Å². The van der Waals surface area contributed by atoms with Gasteiger partial charge in [0.05, 0.1) is 18.5 Å². The number of carbonyl (C=O) groups excluding carboxylic acids is 1. The molecule has 0 saturated carbocycles. The topological polar surface area (TPSA) is 106 Å². The average Bonchev–Trinajstić information content (AvgIpc) is 3.01. The minimum atomic E-state index is -0.877. The van der Waals surface area contributed by atoms with Crippen molar-refractivity contribution in [3.8, 4) is 23.1 Å². The highest BCUT2D eigenvalue weighted by Crippen LogP contribution is 2.21. The standard InChI is InChI=1S/C14H11N5O3/c1-22-13-6-5-12(16-17-13)19-11(8-10(18-19)14(20)21)9-4-2-3-7-15-9/h2-8H,1H3,(H,20,21)/p+1. The zero-order valence-electron chi connectivity index (χ0n) is 11.6. The van der Waals surface area contributed by atoms with Gasteiger partial charge in [-0.15, -0.1) is 10.2 Å². The Morgan fingerprint density at radius 2 is 2.09 bits per heavy atom. The number of carbonyl (C=O) groups is 1. The summed E-state index contributed by atoms with van der Waals surface area (Å²) in [7, 11) is 1.49. The first-order valence-corrected chi connectivity index (χ1v) is 6.34. The maximum atomic E-state index is 11.3. The van der Waals surface area contributed by atoms with Gasteiger partial charge in [-0.2, -0.15) is 5.10 Å². The SMILES string of the molecule is COc1ccc(-n2nc(C(=O)[OH2+])cc2-c2ccccn2)nn1. The van der Waals surface area contributed by atoms with Crippen molar-refractivity contribution < 1.29 is 14.6 Å². The molecule has 2 N–H and O–H groups in total. The van der Waals surface area contributed by atoms with Crippen molar-refractivity contribution in [2.24, 2.45) is 0 Å². The molecule has 0 atom stereocenters. The summed E-state index contributed by atoms with van der Waals surface area (Å²) in [6.45, 7) is 0. The fourth-order valence-corrected chi connectivity index (χ4v) is 1.90. The number of rotatable bonds is 4. The molecule has 8 heteroatoms. The summed E-state index contributed by atoms with van der Waals surface area (Å²) >= 11 is 0. The third-order valence-corrected chi connectivity index (χ3v) is 2.92. The largest absolute Gasteiger partial charge is 0.569 e. The number of ether oxygens (including phenoxy) is 1. The molecule has 0 spiro atoms. The van der Waals surface area contributed by atoms with Crippen LogP contribution >= 0.6 is 0 Å². The lowest BCUT2D eigenvalue weighted by atomic mass is 10.2. The fraction of sp³-hybridized carbons (Fsp3) is 0.0714. The van der Waals surface area contributed by atoms with Crippen molar-refractivity contribution in [1.82, 2.24) is 25.0 Å². The summed E-state index contributed by atoms with van der Waals surface area (Å²) in [6.07, 6.45) is 1.63. The van der Waals surface area contributed by atoms with E-state index in [-0.39, 0.29) is 5.69 Å². The van der Waals surface area contributed by atoms with E-state index in [9.17, 15) is 4.79 Å². The molecule has 0 saturated heterocycles. The fourth-order valence-electron chi connectivity index (χ4n) is 1.90. The predicted molar refractivity (Wildman–Crippen MR) is 76.9 cm³/mol. The highest BCUT2D eigenvalue weighted by atomic mass is 16.5. The van der Waals surface area contributed by atoms with Gasteiger partial charge in [0.1, 0.15) is 0 Å². The number of hydrogen-bond donors (Lipinski definition) is 0. The second kappa shape index (κ2) is 5.60. The van der Waals surface area contributed by atoms with Crippen molar-refractivity contribution in [3.05, 3.63) is 48.3 Å². The summed E-state index contributed by atoms with van der Waals surface area (Å²) in [6, 6.07) is 10.2. The molecular weight excluding hydrogens is 286 g/mol. The summed E-state index contributed by atoms with van der Waals surface area (Å²) in [5.74, 6) is -0.113. The Morgan fingerprint density at radius 1 is 1.23 bits per heavy atom. The van der Waals surface area contributed by atoms with Crippen molar-refractivity contribution in [2.45, 2.75) is 0 Å². The van der Waals surface area contributed by atoms with Crippen molar-refractivity contribution in [1.29, 1.82) is 0 Å². The lowest BCUT2D eigenvalue weighted by Crippen LogP contribution is -2.05. The van der Waals surface area contributed by atoms with Gasteiger partial charge in [-0.3, -0.25) is 4.98 Å². The van der Waals surface area contributed by atoms with Crippen molar-refractivity contribution in [2.75, 3.05) is 7.11 Å². The monoisotopic (exact) mass is 298 g/mol. The van der Waals surface area contributed by atoms with E-state index in [1.54, 1.807) is 30.5 Å².